The number of furan rings is 2. The number of rotatable bonds is 7. The second-order valence-electron chi connectivity index (χ2n) is 7.59. The molecule has 0 saturated carbocycles. The van der Waals surface area contributed by atoms with Gasteiger partial charge < -0.3 is 23.2 Å². The molecular formula is C24H23N3O4. The van der Waals surface area contributed by atoms with Crippen molar-refractivity contribution in [3.8, 4) is 11.3 Å². The maximum absolute atomic E-state index is 13.3. The Morgan fingerprint density at radius 2 is 1.71 bits per heavy atom. The molecule has 3 aromatic heterocycles. The van der Waals surface area contributed by atoms with Gasteiger partial charge in [0.25, 0.3) is 5.91 Å². The van der Waals surface area contributed by atoms with Gasteiger partial charge in [0.15, 0.2) is 5.76 Å². The Morgan fingerprint density at radius 3 is 2.42 bits per heavy atom. The van der Waals surface area contributed by atoms with Crippen LogP contribution in [0.15, 0.2) is 80.5 Å². The molecule has 7 heteroatoms. The quantitative estimate of drug-likeness (QED) is 0.423. The third-order valence-corrected chi connectivity index (χ3v) is 5.50. The molecule has 1 amide bonds. The van der Waals surface area contributed by atoms with Crippen molar-refractivity contribution in [2.24, 2.45) is 0 Å². The molecule has 31 heavy (non-hydrogen) atoms. The average Bonchev–Trinajstić information content (AvgIpc) is 3.61. The molecule has 0 spiro atoms. The maximum Gasteiger partial charge on any atom is 0.290 e. The van der Waals surface area contributed by atoms with Gasteiger partial charge in [-0.15, -0.1) is 0 Å². The van der Waals surface area contributed by atoms with Gasteiger partial charge in [0.05, 0.1) is 31.2 Å². The van der Waals surface area contributed by atoms with Gasteiger partial charge in [-0.05, 0) is 37.1 Å². The van der Waals surface area contributed by atoms with E-state index in [4.69, 9.17) is 13.4 Å². The molecule has 158 valence electrons. The highest BCUT2D eigenvalue weighted by Gasteiger charge is 2.29. The number of benzene rings is 1. The van der Waals surface area contributed by atoms with Crippen LogP contribution in [0, 0.1) is 0 Å². The van der Waals surface area contributed by atoms with Crippen molar-refractivity contribution >= 4 is 11.8 Å². The molecule has 0 aliphatic carbocycles. The minimum Gasteiger partial charge on any atom is -0.467 e. The minimum atomic E-state index is -0.214. The summed E-state index contributed by atoms with van der Waals surface area (Å²) in [6.07, 6.45) is 5.34. The molecule has 4 aromatic rings. The van der Waals surface area contributed by atoms with Crippen LogP contribution >= 0.6 is 0 Å². The van der Waals surface area contributed by atoms with Gasteiger partial charge in [0.2, 0.25) is 5.88 Å². The molecule has 4 heterocycles. The van der Waals surface area contributed by atoms with Gasteiger partial charge in [-0.25, -0.2) is 0 Å². The van der Waals surface area contributed by atoms with E-state index >= 15 is 0 Å². The van der Waals surface area contributed by atoms with Crippen molar-refractivity contribution in [3.63, 3.8) is 0 Å². The lowest BCUT2D eigenvalue weighted by Crippen LogP contribution is -2.30. The highest BCUT2D eigenvalue weighted by atomic mass is 16.5. The molecule has 1 aromatic carbocycles. The summed E-state index contributed by atoms with van der Waals surface area (Å²) in [5.41, 5.74) is 2.59. The van der Waals surface area contributed by atoms with E-state index in [2.05, 4.69) is 10.1 Å². The van der Waals surface area contributed by atoms with Crippen LogP contribution in [0.5, 0.6) is 0 Å². The first-order chi connectivity index (χ1) is 15.3. The van der Waals surface area contributed by atoms with E-state index in [1.165, 1.54) is 6.26 Å². The molecule has 0 atom stereocenters. The predicted molar refractivity (Wildman–Crippen MR) is 114 cm³/mol. The van der Waals surface area contributed by atoms with Crippen LogP contribution in [0.1, 0.15) is 34.7 Å². The van der Waals surface area contributed by atoms with Crippen LogP contribution in [-0.4, -0.2) is 29.1 Å². The minimum absolute atomic E-state index is 0.214. The van der Waals surface area contributed by atoms with Crippen LogP contribution in [0.3, 0.4) is 0 Å². The Hall–Kier alpha value is -3.74. The van der Waals surface area contributed by atoms with Crippen LogP contribution < -0.4 is 4.90 Å². The summed E-state index contributed by atoms with van der Waals surface area (Å²) in [7, 11) is 0. The van der Waals surface area contributed by atoms with Gasteiger partial charge in [-0.1, -0.05) is 35.5 Å². The number of hydrogen-bond donors (Lipinski definition) is 0. The first kappa shape index (κ1) is 19.2. The zero-order valence-electron chi connectivity index (χ0n) is 17.1. The Bertz CT molecular complexity index is 1110. The van der Waals surface area contributed by atoms with E-state index < -0.39 is 0 Å². The smallest absolute Gasteiger partial charge is 0.290 e. The van der Waals surface area contributed by atoms with E-state index in [1.54, 1.807) is 23.3 Å². The van der Waals surface area contributed by atoms with Crippen molar-refractivity contribution in [2.75, 3.05) is 18.0 Å². The zero-order chi connectivity index (χ0) is 21.0. The molecule has 1 saturated heterocycles. The molecule has 1 aliphatic heterocycles. The largest absolute Gasteiger partial charge is 0.467 e. The molecule has 0 N–H and O–H groups in total. The monoisotopic (exact) mass is 417 g/mol. The van der Waals surface area contributed by atoms with Crippen LogP contribution in [0.25, 0.3) is 11.3 Å². The lowest BCUT2D eigenvalue weighted by Gasteiger charge is -2.23. The summed E-state index contributed by atoms with van der Waals surface area (Å²) in [5.74, 6) is 1.49. The summed E-state index contributed by atoms with van der Waals surface area (Å²) in [6.45, 7) is 2.46. The maximum atomic E-state index is 13.3. The van der Waals surface area contributed by atoms with Crippen LogP contribution in [-0.2, 0) is 13.1 Å². The number of nitrogens with zero attached hydrogens (tertiary/aromatic N) is 3. The van der Waals surface area contributed by atoms with Crippen molar-refractivity contribution in [1.82, 2.24) is 10.1 Å². The van der Waals surface area contributed by atoms with Gasteiger partial charge >= 0.3 is 0 Å². The number of amides is 1. The third-order valence-electron chi connectivity index (χ3n) is 5.50. The molecule has 0 radical (unpaired) electrons. The molecular weight excluding hydrogens is 394 g/mol. The molecule has 5 rings (SSSR count). The standard InChI is InChI=1S/C24H23N3O4/c28-23(21-11-7-15-30-21)27(16-19-10-6-14-29-19)17-20-22(18-8-2-1-3-9-18)25-31-24(20)26-12-4-5-13-26/h1-3,6-11,14-15H,4-5,12-13,16-17H2. The second-order valence-corrected chi connectivity index (χ2v) is 7.59. The van der Waals surface area contributed by atoms with Gasteiger partial charge in [0.1, 0.15) is 11.5 Å². The van der Waals surface area contributed by atoms with E-state index in [9.17, 15) is 4.79 Å². The van der Waals surface area contributed by atoms with E-state index in [-0.39, 0.29) is 11.7 Å². The first-order valence-corrected chi connectivity index (χ1v) is 10.4. The van der Waals surface area contributed by atoms with E-state index in [1.807, 2.05) is 42.5 Å². The topological polar surface area (TPSA) is 75.9 Å². The number of hydrogen-bond acceptors (Lipinski definition) is 6. The summed E-state index contributed by atoms with van der Waals surface area (Å²) in [4.78, 5) is 17.2. The molecule has 0 unspecified atom stereocenters. The Kier molecular flexibility index (Phi) is 5.31. The fraction of sp³-hybridized carbons (Fsp3) is 0.250. The van der Waals surface area contributed by atoms with Gasteiger partial charge in [0, 0.05) is 18.7 Å². The van der Waals surface area contributed by atoms with E-state index in [0.717, 1.165) is 48.6 Å². The summed E-state index contributed by atoms with van der Waals surface area (Å²) >= 11 is 0. The highest BCUT2D eigenvalue weighted by molar-refractivity contribution is 5.91. The number of anilines is 1. The fourth-order valence-electron chi connectivity index (χ4n) is 3.97. The first-order valence-electron chi connectivity index (χ1n) is 10.4. The van der Waals surface area contributed by atoms with Crippen molar-refractivity contribution in [2.45, 2.75) is 25.9 Å². The molecule has 7 nitrogen and oxygen atoms in total. The lowest BCUT2D eigenvalue weighted by atomic mass is 10.1. The predicted octanol–water partition coefficient (Wildman–Crippen LogP) is 4.97. The SMILES string of the molecule is O=C(c1ccco1)N(Cc1ccco1)Cc1c(-c2ccccc2)noc1N1CCCC1. The summed E-state index contributed by atoms with van der Waals surface area (Å²) < 4.78 is 16.7. The molecule has 1 fully saturated rings. The number of carbonyl (C=O) groups is 1. The zero-order valence-corrected chi connectivity index (χ0v) is 17.1. The van der Waals surface area contributed by atoms with Gasteiger partial charge in [-0.2, -0.15) is 0 Å². The number of aromatic nitrogens is 1. The van der Waals surface area contributed by atoms with Gasteiger partial charge in [-0.3, -0.25) is 4.79 Å². The number of carbonyl (C=O) groups excluding carboxylic acids is 1. The fourth-order valence-corrected chi connectivity index (χ4v) is 3.97. The Labute approximate surface area is 179 Å². The normalized spacial score (nSPS) is 13.6. The average molecular weight is 417 g/mol. The summed E-state index contributed by atoms with van der Waals surface area (Å²) in [6, 6.07) is 17.0. The third kappa shape index (κ3) is 3.99. The van der Waals surface area contributed by atoms with Crippen LogP contribution in [0.4, 0.5) is 5.88 Å². The molecule has 0 bridgehead atoms. The van der Waals surface area contributed by atoms with Crippen LogP contribution in [0.2, 0.25) is 0 Å². The van der Waals surface area contributed by atoms with E-state index in [0.29, 0.717) is 18.8 Å². The summed E-state index contributed by atoms with van der Waals surface area (Å²) in [5, 5.41) is 4.40. The highest BCUT2D eigenvalue weighted by Crippen LogP contribution is 2.34. The van der Waals surface area contributed by atoms with Crippen molar-refractivity contribution in [1.29, 1.82) is 0 Å². The lowest BCUT2D eigenvalue weighted by molar-refractivity contribution is 0.0685. The second kappa shape index (κ2) is 8.55. The van der Waals surface area contributed by atoms with Crippen molar-refractivity contribution < 1.29 is 18.2 Å². The Balaban J connectivity index is 1.54. The Morgan fingerprint density at radius 1 is 0.935 bits per heavy atom. The molecule has 1 aliphatic rings. The van der Waals surface area contributed by atoms with Crippen molar-refractivity contribution in [3.05, 3.63) is 84.2 Å².